The quantitative estimate of drug-likeness (QED) is 0.903. The molecule has 1 amide bonds. The summed E-state index contributed by atoms with van der Waals surface area (Å²) < 4.78 is 1.13. The third-order valence-corrected chi connectivity index (χ3v) is 4.11. The molecule has 0 fully saturated rings. The third-order valence-electron chi connectivity index (χ3n) is 3.21. The summed E-state index contributed by atoms with van der Waals surface area (Å²) in [6.07, 6.45) is 0. The van der Waals surface area contributed by atoms with Crippen LogP contribution in [0.3, 0.4) is 0 Å². The van der Waals surface area contributed by atoms with E-state index in [9.17, 15) is 9.59 Å². The van der Waals surface area contributed by atoms with Crippen LogP contribution in [0.5, 0.6) is 0 Å². The Kier molecular flexibility index (Phi) is 3.85. The van der Waals surface area contributed by atoms with Crippen molar-refractivity contribution < 1.29 is 14.7 Å². The van der Waals surface area contributed by atoms with Gasteiger partial charge in [0.1, 0.15) is 0 Å². The van der Waals surface area contributed by atoms with Crippen LogP contribution in [0.2, 0.25) is 0 Å². The van der Waals surface area contributed by atoms with E-state index in [1.54, 1.807) is 31.3 Å². The first-order valence-corrected chi connectivity index (χ1v) is 6.88. The fraction of sp³-hybridized carbons (Fsp3) is 0.286. The van der Waals surface area contributed by atoms with Gasteiger partial charge in [0.05, 0.1) is 5.92 Å². The lowest BCUT2D eigenvalue weighted by Gasteiger charge is -2.17. The SMILES string of the molecule is CC(NC(=O)c1ccc2sccc2c1)C(C)C(=O)O. The number of carbonyl (C=O) groups excluding carboxylic acids is 1. The standard InChI is InChI=1S/C14H15NO3S/c1-8(14(17)18)9(2)15-13(16)11-3-4-12-10(7-11)5-6-19-12/h3-9H,1-2H3,(H,15,16)(H,17,18). The molecule has 0 bridgehead atoms. The average molecular weight is 277 g/mol. The first kappa shape index (κ1) is 13.5. The van der Waals surface area contributed by atoms with Crippen LogP contribution in [-0.2, 0) is 4.79 Å². The van der Waals surface area contributed by atoms with E-state index in [0.29, 0.717) is 5.56 Å². The molecule has 1 aromatic heterocycles. The predicted molar refractivity (Wildman–Crippen MR) is 75.6 cm³/mol. The molecule has 1 aromatic carbocycles. The first-order chi connectivity index (χ1) is 8.99. The molecule has 1 heterocycles. The number of hydrogen-bond donors (Lipinski definition) is 2. The Morgan fingerprint density at radius 3 is 2.68 bits per heavy atom. The zero-order chi connectivity index (χ0) is 14.0. The summed E-state index contributed by atoms with van der Waals surface area (Å²) >= 11 is 1.62. The maximum absolute atomic E-state index is 12.0. The Labute approximate surface area is 115 Å². The van der Waals surface area contributed by atoms with Gasteiger partial charge in [-0.3, -0.25) is 9.59 Å². The maximum atomic E-state index is 12.0. The van der Waals surface area contributed by atoms with Gasteiger partial charge < -0.3 is 10.4 Å². The highest BCUT2D eigenvalue weighted by atomic mass is 32.1. The van der Waals surface area contributed by atoms with Gasteiger partial charge in [0.15, 0.2) is 0 Å². The summed E-state index contributed by atoms with van der Waals surface area (Å²) in [5.74, 6) is -1.77. The number of benzene rings is 1. The van der Waals surface area contributed by atoms with Crippen LogP contribution in [0, 0.1) is 5.92 Å². The van der Waals surface area contributed by atoms with Crippen LogP contribution in [0.25, 0.3) is 10.1 Å². The summed E-state index contributed by atoms with van der Waals surface area (Å²) in [5.41, 5.74) is 0.551. The van der Waals surface area contributed by atoms with Crippen LogP contribution in [-0.4, -0.2) is 23.0 Å². The normalized spacial score (nSPS) is 14.0. The molecule has 0 aliphatic carbocycles. The minimum Gasteiger partial charge on any atom is -0.481 e. The van der Waals surface area contributed by atoms with Gasteiger partial charge >= 0.3 is 5.97 Å². The lowest BCUT2D eigenvalue weighted by atomic mass is 10.0. The number of carboxylic acids is 1. The van der Waals surface area contributed by atoms with Crippen molar-refractivity contribution in [3.8, 4) is 0 Å². The molecule has 0 aliphatic rings. The van der Waals surface area contributed by atoms with Crippen molar-refractivity contribution in [2.75, 3.05) is 0 Å². The molecule has 2 aromatic rings. The number of thiophene rings is 1. The predicted octanol–water partition coefficient (Wildman–Crippen LogP) is 2.74. The van der Waals surface area contributed by atoms with Crippen molar-refractivity contribution in [1.29, 1.82) is 0 Å². The molecule has 100 valence electrons. The number of aliphatic carboxylic acids is 1. The molecule has 0 radical (unpaired) electrons. The lowest BCUT2D eigenvalue weighted by Crippen LogP contribution is -2.40. The molecule has 19 heavy (non-hydrogen) atoms. The summed E-state index contributed by atoms with van der Waals surface area (Å²) in [6, 6.07) is 7.02. The van der Waals surface area contributed by atoms with Gasteiger partial charge in [0, 0.05) is 16.3 Å². The Balaban J connectivity index is 2.13. The molecule has 0 saturated heterocycles. The van der Waals surface area contributed by atoms with Crippen molar-refractivity contribution in [2.45, 2.75) is 19.9 Å². The number of fused-ring (bicyclic) bond motifs is 1. The number of hydrogen-bond acceptors (Lipinski definition) is 3. The van der Waals surface area contributed by atoms with E-state index in [4.69, 9.17) is 5.11 Å². The van der Waals surface area contributed by atoms with Crippen molar-refractivity contribution in [1.82, 2.24) is 5.32 Å². The number of nitrogens with one attached hydrogen (secondary N) is 1. The molecule has 2 unspecified atom stereocenters. The van der Waals surface area contributed by atoms with Crippen LogP contribution in [0.1, 0.15) is 24.2 Å². The fourth-order valence-electron chi connectivity index (χ4n) is 1.74. The topological polar surface area (TPSA) is 66.4 Å². The minimum atomic E-state index is -0.916. The number of amides is 1. The Hall–Kier alpha value is -1.88. The highest BCUT2D eigenvalue weighted by Gasteiger charge is 2.21. The average Bonchev–Trinajstić information content (AvgIpc) is 2.84. The van der Waals surface area contributed by atoms with Crippen LogP contribution >= 0.6 is 11.3 Å². The van der Waals surface area contributed by atoms with Crippen LogP contribution in [0.4, 0.5) is 0 Å². The molecular formula is C14H15NO3S. The molecule has 2 atom stereocenters. The van der Waals surface area contributed by atoms with Crippen molar-refractivity contribution in [3.05, 3.63) is 35.2 Å². The van der Waals surface area contributed by atoms with Crippen molar-refractivity contribution >= 4 is 33.3 Å². The van der Waals surface area contributed by atoms with E-state index < -0.39 is 17.9 Å². The molecule has 5 heteroatoms. The van der Waals surface area contributed by atoms with Crippen LogP contribution in [0.15, 0.2) is 29.6 Å². The van der Waals surface area contributed by atoms with Gasteiger partial charge in [-0.1, -0.05) is 0 Å². The summed E-state index contributed by atoms with van der Waals surface area (Å²) in [6.45, 7) is 3.27. The zero-order valence-corrected chi connectivity index (χ0v) is 11.5. The van der Waals surface area contributed by atoms with Gasteiger partial charge in [-0.05, 0) is 48.9 Å². The van der Waals surface area contributed by atoms with E-state index in [-0.39, 0.29) is 5.91 Å². The first-order valence-electron chi connectivity index (χ1n) is 6.00. The lowest BCUT2D eigenvalue weighted by molar-refractivity contribution is -0.141. The molecule has 2 rings (SSSR count). The third kappa shape index (κ3) is 2.93. The Morgan fingerprint density at radius 1 is 1.26 bits per heavy atom. The largest absolute Gasteiger partial charge is 0.481 e. The molecule has 0 spiro atoms. The number of carbonyl (C=O) groups is 2. The van der Waals surface area contributed by atoms with Crippen molar-refractivity contribution in [2.24, 2.45) is 5.92 Å². The smallest absolute Gasteiger partial charge is 0.308 e. The second-order valence-electron chi connectivity index (χ2n) is 4.56. The van der Waals surface area contributed by atoms with Crippen molar-refractivity contribution in [3.63, 3.8) is 0 Å². The maximum Gasteiger partial charge on any atom is 0.308 e. The van der Waals surface area contributed by atoms with E-state index in [1.807, 2.05) is 23.6 Å². The van der Waals surface area contributed by atoms with Gasteiger partial charge in [0.2, 0.25) is 0 Å². The number of rotatable bonds is 4. The summed E-state index contributed by atoms with van der Waals surface area (Å²) in [5, 5.41) is 14.6. The van der Waals surface area contributed by atoms with Crippen LogP contribution < -0.4 is 5.32 Å². The Bertz CT molecular complexity index is 620. The highest BCUT2D eigenvalue weighted by molar-refractivity contribution is 7.17. The second kappa shape index (κ2) is 5.40. The molecule has 2 N–H and O–H groups in total. The van der Waals surface area contributed by atoms with Gasteiger partial charge in [-0.25, -0.2) is 0 Å². The monoisotopic (exact) mass is 277 g/mol. The highest BCUT2D eigenvalue weighted by Crippen LogP contribution is 2.21. The summed E-state index contributed by atoms with van der Waals surface area (Å²) in [7, 11) is 0. The summed E-state index contributed by atoms with van der Waals surface area (Å²) in [4.78, 5) is 22.9. The van der Waals surface area contributed by atoms with E-state index in [0.717, 1.165) is 10.1 Å². The van der Waals surface area contributed by atoms with E-state index >= 15 is 0 Å². The minimum absolute atomic E-state index is 0.242. The fourth-order valence-corrected chi connectivity index (χ4v) is 2.51. The van der Waals surface area contributed by atoms with Gasteiger partial charge in [0.25, 0.3) is 5.91 Å². The molecule has 4 nitrogen and oxygen atoms in total. The van der Waals surface area contributed by atoms with E-state index in [2.05, 4.69) is 5.32 Å². The second-order valence-corrected chi connectivity index (χ2v) is 5.51. The van der Waals surface area contributed by atoms with Gasteiger partial charge in [-0.2, -0.15) is 0 Å². The molecule has 0 aliphatic heterocycles. The molecule has 0 saturated carbocycles. The van der Waals surface area contributed by atoms with E-state index in [1.165, 1.54) is 0 Å². The van der Waals surface area contributed by atoms with Gasteiger partial charge in [-0.15, -0.1) is 11.3 Å². The Morgan fingerprint density at radius 2 is 2.00 bits per heavy atom. The number of carboxylic acid groups (broad SMARTS) is 1. The zero-order valence-electron chi connectivity index (χ0n) is 10.7. The molecular weight excluding hydrogens is 262 g/mol.